The first-order chi connectivity index (χ1) is 12.2. The number of piperidine rings is 1. The molecule has 0 spiro atoms. The minimum Gasteiger partial charge on any atom is -0.391 e. The summed E-state index contributed by atoms with van der Waals surface area (Å²) in [4.78, 5) is 14.5. The Bertz CT molecular complexity index is 458. The smallest absolute Gasteiger partial charge is 0.315 e. The Morgan fingerprint density at radius 3 is 2.64 bits per heavy atom. The molecule has 2 atom stereocenters. The van der Waals surface area contributed by atoms with E-state index in [9.17, 15) is 9.90 Å². The summed E-state index contributed by atoms with van der Waals surface area (Å²) in [5, 5.41) is 16.4. The summed E-state index contributed by atoms with van der Waals surface area (Å²) in [7, 11) is 0. The van der Waals surface area contributed by atoms with Crippen molar-refractivity contribution in [3.05, 3.63) is 11.6 Å². The fraction of sp³-hybridized carbons (Fsp3) is 0.850. The van der Waals surface area contributed by atoms with Crippen LogP contribution >= 0.6 is 0 Å². The normalized spacial score (nSPS) is 29.1. The van der Waals surface area contributed by atoms with Crippen LogP contribution in [0.5, 0.6) is 0 Å². The monoisotopic (exact) mass is 349 g/mol. The number of nitrogens with zero attached hydrogens (tertiary/aromatic N) is 1. The quantitative estimate of drug-likeness (QED) is 0.669. The van der Waals surface area contributed by atoms with Crippen LogP contribution < -0.4 is 10.6 Å². The van der Waals surface area contributed by atoms with Crippen molar-refractivity contribution in [1.82, 2.24) is 15.5 Å². The van der Waals surface area contributed by atoms with E-state index in [1.807, 2.05) is 0 Å². The first kappa shape index (κ1) is 18.7. The van der Waals surface area contributed by atoms with E-state index in [4.69, 9.17) is 0 Å². The Kier molecular flexibility index (Phi) is 7.17. The molecule has 0 radical (unpaired) electrons. The van der Waals surface area contributed by atoms with Crippen molar-refractivity contribution in [1.29, 1.82) is 0 Å². The molecule has 142 valence electrons. The Morgan fingerprint density at radius 2 is 1.92 bits per heavy atom. The molecular weight excluding hydrogens is 314 g/mol. The summed E-state index contributed by atoms with van der Waals surface area (Å²) >= 11 is 0. The van der Waals surface area contributed by atoms with Crippen LogP contribution in [0, 0.1) is 0 Å². The van der Waals surface area contributed by atoms with Gasteiger partial charge >= 0.3 is 6.03 Å². The Hall–Kier alpha value is -1.07. The van der Waals surface area contributed by atoms with Crippen molar-refractivity contribution in [3.8, 4) is 0 Å². The molecule has 3 rings (SSSR count). The van der Waals surface area contributed by atoms with Gasteiger partial charge in [-0.1, -0.05) is 24.5 Å². The van der Waals surface area contributed by atoms with Crippen molar-refractivity contribution in [2.45, 2.75) is 88.8 Å². The average Bonchev–Trinajstić information content (AvgIpc) is 2.64. The first-order valence-electron chi connectivity index (χ1n) is 10.4. The number of aliphatic hydroxyl groups is 1. The molecule has 2 aliphatic carbocycles. The summed E-state index contributed by atoms with van der Waals surface area (Å²) in [5.74, 6) is 0. The molecule has 0 aromatic carbocycles. The number of hydrogen-bond acceptors (Lipinski definition) is 3. The summed E-state index contributed by atoms with van der Waals surface area (Å²) in [6.45, 7) is 2.71. The minimum atomic E-state index is -0.157. The molecule has 1 heterocycles. The number of carbonyl (C=O) groups excluding carboxylic acids is 1. The third-order valence-electron chi connectivity index (χ3n) is 6.14. The fourth-order valence-electron chi connectivity index (χ4n) is 4.60. The number of likely N-dealkylation sites (tertiary alicyclic amines) is 1. The Morgan fingerprint density at radius 1 is 1.12 bits per heavy atom. The highest BCUT2D eigenvalue weighted by molar-refractivity contribution is 5.74. The molecule has 0 aromatic heterocycles. The molecule has 25 heavy (non-hydrogen) atoms. The number of hydrogen-bond donors (Lipinski definition) is 3. The predicted octanol–water partition coefficient (Wildman–Crippen LogP) is 2.94. The van der Waals surface area contributed by atoms with E-state index in [-0.39, 0.29) is 18.2 Å². The Labute approximate surface area is 152 Å². The maximum atomic E-state index is 12.1. The van der Waals surface area contributed by atoms with E-state index in [2.05, 4.69) is 21.6 Å². The first-order valence-corrected chi connectivity index (χ1v) is 10.4. The lowest BCUT2D eigenvalue weighted by molar-refractivity contribution is 0.00777. The van der Waals surface area contributed by atoms with E-state index in [1.54, 1.807) is 0 Å². The summed E-state index contributed by atoms with van der Waals surface area (Å²) in [6.07, 6.45) is 14.6. The largest absolute Gasteiger partial charge is 0.391 e. The second-order valence-electron chi connectivity index (χ2n) is 7.99. The van der Waals surface area contributed by atoms with Gasteiger partial charge in [0.1, 0.15) is 0 Å². The molecule has 1 saturated carbocycles. The van der Waals surface area contributed by atoms with Crippen LogP contribution in [-0.2, 0) is 0 Å². The van der Waals surface area contributed by atoms with Gasteiger partial charge in [-0.15, -0.1) is 0 Å². The summed E-state index contributed by atoms with van der Waals surface area (Å²) < 4.78 is 0. The molecule has 5 nitrogen and oxygen atoms in total. The zero-order chi connectivity index (χ0) is 17.5. The number of urea groups is 1. The lowest BCUT2D eigenvalue weighted by atomic mass is 9.89. The van der Waals surface area contributed by atoms with Crippen LogP contribution in [0.15, 0.2) is 11.6 Å². The van der Waals surface area contributed by atoms with Crippen LogP contribution in [0.3, 0.4) is 0 Å². The van der Waals surface area contributed by atoms with Crippen LogP contribution in [0.25, 0.3) is 0 Å². The summed E-state index contributed by atoms with van der Waals surface area (Å²) in [5.41, 5.74) is 1.51. The van der Waals surface area contributed by atoms with E-state index in [0.717, 1.165) is 58.2 Å². The van der Waals surface area contributed by atoms with Crippen LogP contribution in [0.2, 0.25) is 0 Å². The number of amides is 2. The van der Waals surface area contributed by atoms with Gasteiger partial charge in [0.05, 0.1) is 6.10 Å². The molecule has 3 aliphatic rings. The lowest BCUT2D eigenvalue weighted by Gasteiger charge is -2.41. The van der Waals surface area contributed by atoms with E-state index in [1.165, 1.54) is 37.7 Å². The van der Waals surface area contributed by atoms with E-state index < -0.39 is 0 Å². The van der Waals surface area contributed by atoms with E-state index in [0.29, 0.717) is 6.04 Å². The van der Waals surface area contributed by atoms with Crippen LogP contribution in [-0.4, -0.2) is 53.9 Å². The molecule has 0 aromatic rings. The highest BCUT2D eigenvalue weighted by Gasteiger charge is 2.31. The fourth-order valence-corrected chi connectivity index (χ4v) is 4.60. The molecule has 1 aliphatic heterocycles. The zero-order valence-corrected chi connectivity index (χ0v) is 15.5. The van der Waals surface area contributed by atoms with Crippen molar-refractivity contribution in [3.63, 3.8) is 0 Å². The number of aliphatic hydroxyl groups excluding tert-OH is 1. The van der Waals surface area contributed by atoms with Gasteiger partial charge in [-0.25, -0.2) is 4.79 Å². The van der Waals surface area contributed by atoms with Crippen molar-refractivity contribution in [2.75, 3.05) is 19.6 Å². The molecule has 5 heteroatoms. The zero-order valence-electron chi connectivity index (χ0n) is 15.5. The third kappa shape index (κ3) is 5.71. The van der Waals surface area contributed by atoms with Crippen molar-refractivity contribution in [2.24, 2.45) is 0 Å². The third-order valence-corrected chi connectivity index (χ3v) is 6.14. The van der Waals surface area contributed by atoms with E-state index >= 15 is 0 Å². The van der Waals surface area contributed by atoms with Gasteiger partial charge in [0.15, 0.2) is 0 Å². The molecule has 2 fully saturated rings. The maximum Gasteiger partial charge on any atom is 0.315 e. The number of carbonyl (C=O) groups is 1. The molecule has 2 unspecified atom stereocenters. The van der Waals surface area contributed by atoms with Crippen molar-refractivity contribution < 1.29 is 9.90 Å². The van der Waals surface area contributed by atoms with Gasteiger partial charge in [0.25, 0.3) is 0 Å². The molecule has 2 amide bonds. The van der Waals surface area contributed by atoms with Gasteiger partial charge < -0.3 is 15.7 Å². The van der Waals surface area contributed by atoms with Gasteiger partial charge in [-0.2, -0.15) is 0 Å². The van der Waals surface area contributed by atoms with Gasteiger partial charge in [0.2, 0.25) is 0 Å². The minimum absolute atomic E-state index is 0.0208. The Balaban J connectivity index is 1.31. The number of allylic oxidation sites excluding steroid dienone is 1. The second kappa shape index (κ2) is 9.58. The predicted molar refractivity (Wildman–Crippen MR) is 101 cm³/mol. The van der Waals surface area contributed by atoms with Gasteiger partial charge in [-0.3, -0.25) is 4.90 Å². The maximum absolute atomic E-state index is 12.1. The molecular formula is C20H35N3O2. The highest BCUT2D eigenvalue weighted by Crippen LogP contribution is 2.26. The van der Waals surface area contributed by atoms with Crippen LogP contribution in [0.1, 0.15) is 70.6 Å². The molecule has 1 saturated heterocycles. The molecule has 0 bridgehead atoms. The average molecular weight is 350 g/mol. The van der Waals surface area contributed by atoms with Crippen molar-refractivity contribution >= 4 is 6.03 Å². The van der Waals surface area contributed by atoms with Gasteiger partial charge in [0, 0.05) is 31.7 Å². The van der Waals surface area contributed by atoms with Crippen LogP contribution in [0.4, 0.5) is 4.79 Å². The number of nitrogens with one attached hydrogen (secondary N) is 2. The van der Waals surface area contributed by atoms with Gasteiger partial charge in [-0.05, 0) is 57.8 Å². The lowest BCUT2D eigenvalue weighted by Crippen LogP contribution is -2.53. The standard InChI is InChI=1S/C20H35N3O2/c24-19-9-5-4-8-18(19)23-14-11-17(12-15-23)22-20(25)21-13-10-16-6-2-1-3-7-16/h6,17-19,24H,1-5,7-15H2,(H2,21,22,25). The number of rotatable bonds is 5. The summed E-state index contributed by atoms with van der Waals surface area (Å²) in [6, 6.07) is 0.589. The second-order valence-corrected chi connectivity index (χ2v) is 7.99. The highest BCUT2D eigenvalue weighted by atomic mass is 16.3. The molecule has 3 N–H and O–H groups in total. The SMILES string of the molecule is O=C(NCCC1=CCCCC1)NC1CCN(C2CCCCC2O)CC1. The topological polar surface area (TPSA) is 64.6 Å².